The third-order valence-electron chi connectivity index (χ3n) is 3.07. The summed E-state index contributed by atoms with van der Waals surface area (Å²) in [6.07, 6.45) is 1.69. The van der Waals surface area contributed by atoms with Gasteiger partial charge in [-0.2, -0.15) is 0 Å². The Bertz CT molecular complexity index is 671. The first-order valence-corrected chi connectivity index (χ1v) is 6.81. The molecule has 2 heterocycles. The van der Waals surface area contributed by atoms with Crippen LogP contribution >= 0.6 is 11.6 Å². The molecule has 0 aliphatic carbocycles. The number of nitrogens with zero attached hydrogens (tertiary/aromatic N) is 2. The lowest BCUT2D eigenvalue weighted by molar-refractivity contribution is -0.110. The first kappa shape index (κ1) is 13.6. The van der Waals surface area contributed by atoms with Gasteiger partial charge >= 0.3 is 0 Å². The van der Waals surface area contributed by atoms with E-state index in [1.54, 1.807) is 12.1 Å². The lowest BCUT2D eigenvalue weighted by Crippen LogP contribution is -2.22. The lowest BCUT2D eigenvalue weighted by atomic mass is 10.0. The summed E-state index contributed by atoms with van der Waals surface area (Å²) in [5.74, 6) is 0.110. The number of benzene rings is 1. The van der Waals surface area contributed by atoms with Gasteiger partial charge < -0.3 is 10.2 Å². The van der Waals surface area contributed by atoms with Crippen molar-refractivity contribution < 1.29 is 9.63 Å². The number of pyridine rings is 1. The fraction of sp³-hybridized carbons (Fsp3) is 0.133. The third kappa shape index (κ3) is 3.20. The molecule has 1 N–H and O–H groups in total. The van der Waals surface area contributed by atoms with E-state index < -0.39 is 0 Å². The highest BCUT2D eigenvalue weighted by Crippen LogP contribution is 2.27. The zero-order valence-corrected chi connectivity index (χ0v) is 11.7. The van der Waals surface area contributed by atoms with Crippen molar-refractivity contribution in [3.05, 3.63) is 59.2 Å². The van der Waals surface area contributed by atoms with Crippen LogP contribution < -0.4 is 5.32 Å². The number of anilines is 1. The van der Waals surface area contributed by atoms with Crippen molar-refractivity contribution in [2.45, 2.75) is 12.5 Å². The fourth-order valence-corrected chi connectivity index (χ4v) is 2.11. The molecule has 3 rings (SSSR count). The summed E-state index contributed by atoms with van der Waals surface area (Å²) in [5.41, 5.74) is 1.34. The second-order valence-electron chi connectivity index (χ2n) is 4.56. The van der Waals surface area contributed by atoms with Crippen LogP contribution in [0, 0.1) is 0 Å². The normalized spacial score (nSPS) is 17.0. The average Bonchev–Trinajstić information content (AvgIpc) is 3.00. The Balaban J connectivity index is 1.63. The second-order valence-corrected chi connectivity index (χ2v) is 5.00. The molecule has 0 saturated heterocycles. The molecule has 2 aromatic rings. The Hall–Kier alpha value is -2.40. The number of aromatic nitrogens is 1. The van der Waals surface area contributed by atoms with E-state index >= 15 is 0 Å². The van der Waals surface area contributed by atoms with Gasteiger partial charge in [0.05, 0.1) is 5.02 Å². The van der Waals surface area contributed by atoms with Gasteiger partial charge in [0.1, 0.15) is 11.5 Å². The number of carbonyl (C=O) groups is 1. The molecule has 1 aliphatic heterocycles. The predicted octanol–water partition coefficient (Wildman–Crippen LogP) is 3.19. The van der Waals surface area contributed by atoms with Gasteiger partial charge in [-0.1, -0.05) is 47.1 Å². The number of amides is 1. The van der Waals surface area contributed by atoms with E-state index in [1.807, 2.05) is 30.3 Å². The van der Waals surface area contributed by atoms with Crippen molar-refractivity contribution in [1.82, 2.24) is 4.98 Å². The number of halogens is 1. The number of rotatable bonds is 3. The topological polar surface area (TPSA) is 63.6 Å². The van der Waals surface area contributed by atoms with E-state index in [4.69, 9.17) is 16.4 Å². The molecule has 6 heteroatoms. The number of hydrogen-bond acceptors (Lipinski definition) is 4. The Labute approximate surface area is 126 Å². The van der Waals surface area contributed by atoms with Gasteiger partial charge in [-0.25, -0.2) is 4.98 Å². The first-order valence-electron chi connectivity index (χ1n) is 6.43. The molecular weight excluding hydrogens is 290 g/mol. The summed E-state index contributed by atoms with van der Waals surface area (Å²) in [5, 5.41) is 7.03. The highest BCUT2D eigenvalue weighted by Gasteiger charge is 2.27. The van der Waals surface area contributed by atoms with Crippen molar-refractivity contribution in [3.63, 3.8) is 0 Å². The van der Waals surface area contributed by atoms with Crippen LogP contribution in [0.5, 0.6) is 0 Å². The average molecular weight is 302 g/mol. The van der Waals surface area contributed by atoms with E-state index in [1.165, 1.54) is 6.20 Å². The van der Waals surface area contributed by atoms with Crippen LogP contribution in [0.1, 0.15) is 18.1 Å². The highest BCUT2D eigenvalue weighted by atomic mass is 35.5. The van der Waals surface area contributed by atoms with Gasteiger partial charge in [-0.15, -0.1) is 0 Å². The van der Waals surface area contributed by atoms with Crippen molar-refractivity contribution in [2.75, 3.05) is 5.32 Å². The number of nitrogens with one attached hydrogen (secondary N) is 1. The molecule has 21 heavy (non-hydrogen) atoms. The summed E-state index contributed by atoms with van der Waals surface area (Å²) < 4.78 is 0. The summed E-state index contributed by atoms with van der Waals surface area (Å²) in [6.45, 7) is 0. The molecule has 0 radical (unpaired) electrons. The molecule has 0 spiro atoms. The van der Waals surface area contributed by atoms with Crippen LogP contribution in [-0.2, 0) is 9.63 Å². The van der Waals surface area contributed by atoms with Gasteiger partial charge in [0.15, 0.2) is 6.10 Å². The van der Waals surface area contributed by atoms with Crippen molar-refractivity contribution in [3.8, 4) is 0 Å². The SMILES string of the molecule is O=C(Nc1ccc(Cl)cn1)C1=NOC(c2ccccc2)C1. The first-order chi connectivity index (χ1) is 10.2. The van der Waals surface area contributed by atoms with Crippen LogP contribution in [0.15, 0.2) is 53.8 Å². The molecule has 1 aromatic carbocycles. The summed E-state index contributed by atoms with van der Waals surface area (Å²) in [7, 11) is 0. The fourth-order valence-electron chi connectivity index (χ4n) is 2.00. The van der Waals surface area contributed by atoms with Crippen molar-refractivity contribution in [2.24, 2.45) is 5.16 Å². The minimum absolute atomic E-state index is 0.217. The van der Waals surface area contributed by atoms with Gasteiger partial charge in [0.25, 0.3) is 5.91 Å². The van der Waals surface area contributed by atoms with E-state index in [0.717, 1.165) is 5.56 Å². The summed E-state index contributed by atoms with van der Waals surface area (Å²) >= 11 is 5.74. The Kier molecular flexibility index (Phi) is 3.83. The molecule has 1 atom stereocenters. The molecule has 0 bridgehead atoms. The van der Waals surface area contributed by atoms with E-state index in [-0.39, 0.29) is 12.0 Å². The molecule has 1 aromatic heterocycles. The van der Waals surface area contributed by atoms with Crippen LogP contribution in [-0.4, -0.2) is 16.6 Å². The maximum Gasteiger partial charge on any atom is 0.274 e. The maximum atomic E-state index is 12.1. The third-order valence-corrected chi connectivity index (χ3v) is 3.29. The van der Waals surface area contributed by atoms with Gasteiger partial charge in [0, 0.05) is 12.6 Å². The zero-order valence-electron chi connectivity index (χ0n) is 11.0. The quantitative estimate of drug-likeness (QED) is 0.947. The maximum absolute atomic E-state index is 12.1. The molecule has 106 valence electrons. The smallest absolute Gasteiger partial charge is 0.274 e. The van der Waals surface area contributed by atoms with Crippen LogP contribution in [0.3, 0.4) is 0 Å². The molecule has 0 saturated carbocycles. The summed E-state index contributed by atoms with van der Waals surface area (Å²) in [4.78, 5) is 21.4. The lowest BCUT2D eigenvalue weighted by Gasteiger charge is -2.07. The van der Waals surface area contributed by atoms with Gasteiger partial charge in [0.2, 0.25) is 0 Å². The van der Waals surface area contributed by atoms with Crippen LogP contribution in [0.4, 0.5) is 5.82 Å². The van der Waals surface area contributed by atoms with E-state index in [9.17, 15) is 4.79 Å². The number of hydrogen-bond donors (Lipinski definition) is 1. The molecule has 0 fully saturated rings. The predicted molar refractivity (Wildman–Crippen MR) is 80.2 cm³/mol. The zero-order chi connectivity index (χ0) is 14.7. The highest BCUT2D eigenvalue weighted by molar-refractivity contribution is 6.43. The second kappa shape index (κ2) is 5.93. The minimum atomic E-state index is -0.316. The van der Waals surface area contributed by atoms with Gasteiger partial charge in [-0.3, -0.25) is 4.79 Å². The van der Waals surface area contributed by atoms with Gasteiger partial charge in [-0.05, 0) is 17.7 Å². The number of carbonyl (C=O) groups excluding carboxylic acids is 1. The monoisotopic (exact) mass is 301 g/mol. The minimum Gasteiger partial charge on any atom is -0.387 e. The Morgan fingerprint density at radius 2 is 2.05 bits per heavy atom. The molecule has 1 unspecified atom stereocenters. The Morgan fingerprint density at radius 3 is 2.76 bits per heavy atom. The Morgan fingerprint density at radius 1 is 1.24 bits per heavy atom. The van der Waals surface area contributed by atoms with Crippen molar-refractivity contribution in [1.29, 1.82) is 0 Å². The molecular formula is C15H12ClN3O2. The van der Waals surface area contributed by atoms with Crippen LogP contribution in [0.2, 0.25) is 5.02 Å². The van der Waals surface area contributed by atoms with Crippen molar-refractivity contribution >= 4 is 29.0 Å². The molecule has 1 aliphatic rings. The largest absolute Gasteiger partial charge is 0.387 e. The molecule has 1 amide bonds. The van der Waals surface area contributed by atoms with E-state index in [2.05, 4.69) is 15.5 Å². The number of oxime groups is 1. The van der Waals surface area contributed by atoms with E-state index in [0.29, 0.717) is 23.0 Å². The van der Waals surface area contributed by atoms with Crippen LogP contribution in [0.25, 0.3) is 0 Å². The summed E-state index contributed by atoms with van der Waals surface area (Å²) in [6, 6.07) is 13.0. The molecule has 5 nitrogen and oxygen atoms in total. The standard InChI is InChI=1S/C15H12ClN3O2/c16-11-6-7-14(17-9-11)18-15(20)12-8-13(21-19-12)10-4-2-1-3-5-10/h1-7,9,13H,8H2,(H,17,18,20).